The molecular weight excluding hydrogens is 234 g/mol. The van der Waals surface area contributed by atoms with Gasteiger partial charge in [-0.25, -0.2) is 8.78 Å². The van der Waals surface area contributed by atoms with Gasteiger partial charge in [0.05, 0.1) is 0 Å². The molecule has 0 saturated heterocycles. The van der Waals surface area contributed by atoms with Crippen molar-refractivity contribution in [2.75, 3.05) is 0 Å². The topological polar surface area (TPSA) is 88.2 Å². The lowest BCUT2D eigenvalue weighted by molar-refractivity contribution is 0.507. The van der Waals surface area contributed by atoms with Crippen molar-refractivity contribution in [3.8, 4) is 0 Å². The Kier molecular flexibility index (Phi) is 4.24. The Bertz CT molecular complexity index is 430. The zero-order chi connectivity index (χ0) is 12.1. The lowest BCUT2D eigenvalue weighted by Gasteiger charge is -2.01. The number of aliphatic imine (C=N–C) groups is 1. The van der Waals surface area contributed by atoms with Crippen LogP contribution in [0.2, 0.25) is 0 Å². The fourth-order valence-corrected chi connectivity index (χ4v) is 1.58. The Morgan fingerprint density at radius 3 is 2.56 bits per heavy atom. The van der Waals surface area contributed by atoms with Gasteiger partial charge in [0, 0.05) is 5.75 Å². The average molecular weight is 244 g/mol. The van der Waals surface area contributed by atoms with Gasteiger partial charge in [-0.15, -0.1) is 0 Å². The molecule has 1 aromatic rings. The number of benzene rings is 1. The maximum atomic E-state index is 12.8. The second kappa shape index (κ2) is 5.45. The number of nitrogens with zero attached hydrogens (tertiary/aromatic N) is 1. The van der Waals surface area contributed by atoms with Crippen molar-refractivity contribution < 1.29 is 8.78 Å². The zero-order valence-electron chi connectivity index (χ0n) is 8.21. The van der Waals surface area contributed by atoms with Gasteiger partial charge in [0.15, 0.2) is 22.8 Å². The summed E-state index contributed by atoms with van der Waals surface area (Å²) >= 11 is 1.02. The lowest BCUT2D eigenvalue weighted by Crippen LogP contribution is -2.23. The summed E-state index contributed by atoms with van der Waals surface area (Å²) in [7, 11) is 0. The first-order valence-electron chi connectivity index (χ1n) is 4.24. The summed E-state index contributed by atoms with van der Waals surface area (Å²) in [5.41, 5.74) is 10.7. The van der Waals surface area contributed by atoms with E-state index in [4.69, 9.17) is 16.9 Å². The first-order valence-corrected chi connectivity index (χ1v) is 5.22. The maximum absolute atomic E-state index is 12.8. The fourth-order valence-electron chi connectivity index (χ4n) is 0.931. The summed E-state index contributed by atoms with van der Waals surface area (Å²) in [6.07, 6.45) is 0. The van der Waals surface area contributed by atoms with Gasteiger partial charge in [-0.3, -0.25) is 5.41 Å². The van der Waals surface area contributed by atoms with E-state index in [0.717, 1.165) is 23.9 Å². The molecule has 0 aliphatic carbocycles. The highest BCUT2D eigenvalue weighted by molar-refractivity contribution is 8.13. The van der Waals surface area contributed by atoms with Crippen molar-refractivity contribution >= 4 is 22.9 Å². The molecule has 0 unspecified atom stereocenters. The normalized spacial score (nSPS) is 9.88. The highest BCUT2D eigenvalue weighted by Crippen LogP contribution is 2.16. The molecule has 0 aliphatic heterocycles. The molecule has 0 bridgehead atoms. The van der Waals surface area contributed by atoms with E-state index in [1.54, 1.807) is 0 Å². The predicted octanol–water partition coefficient (Wildman–Crippen LogP) is 1.41. The third kappa shape index (κ3) is 3.85. The van der Waals surface area contributed by atoms with Crippen LogP contribution >= 0.6 is 11.8 Å². The van der Waals surface area contributed by atoms with Crippen LogP contribution < -0.4 is 11.5 Å². The predicted molar refractivity (Wildman–Crippen MR) is 61.2 cm³/mol. The number of thioether (sulfide) groups is 1. The average Bonchev–Trinajstić information content (AvgIpc) is 2.19. The molecule has 0 aliphatic rings. The van der Waals surface area contributed by atoms with E-state index in [9.17, 15) is 8.78 Å². The summed E-state index contributed by atoms with van der Waals surface area (Å²) in [6, 6.07) is 3.55. The SMILES string of the molecule is N=C(N=C(N)N)SCc1ccc(F)c(F)c1. The summed E-state index contributed by atoms with van der Waals surface area (Å²) in [5.74, 6) is -1.71. The number of amidine groups is 1. The standard InChI is InChI=1S/C9H10F2N4S/c10-6-2-1-5(3-7(6)11)4-16-9(14)15-8(12)13/h1-3H,4H2,(H5,12,13,14,15). The number of halogens is 2. The minimum Gasteiger partial charge on any atom is -0.370 e. The minimum absolute atomic E-state index is 0.0790. The highest BCUT2D eigenvalue weighted by Gasteiger charge is 2.04. The molecule has 0 fully saturated rings. The van der Waals surface area contributed by atoms with Gasteiger partial charge in [-0.1, -0.05) is 17.8 Å². The maximum Gasteiger partial charge on any atom is 0.193 e. The summed E-state index contributed by atoms with van der Waals surface area (Å²) in [5, 5.41) is 7.23. The molecule has 0 heterocycles. The quantitative estimate of drug-likeness (QED) is 0.543. The van der Waals surface area contributed by atoms with E-state index >= 15 is 0 Å². The molecule has 0 atom stereocenters. The van der Waals surface area contributed by atoms with Gasteiger partial charge in [0.2, 0.25) is 0 Å². The third-order valence-electron chi connectivity index (χ3n) is 1.59. The van der Waals surface area contributed by atoms with Crippen LogP contribution in [0.3, 0.4) is 0 Å². The van der Waals surface area contributed by atoms with Crippen molar-refractivity contribution in [2.24, 2.45) is 16.5 Å². The molecule has 1 rings (SSSR count). The molecule has 7 heteroatoms. The van der Waals surface area contributed by atoms with Gasteiger partial charge in [0.25, 0.3) is 0 Å². The van der Waals surface area contributed by atoms with E-state index in [0.29, 0.717) is 11.3 Å². The molecule has 0 radical (unpaired) electrons. The van der Waals surface area contributed by atoms with Crippen LogP contribution in [0.15, 0.2) is 23.2 Å². The van der Waals surface area contributed by atoms with Crippen LogP contribution in [0.4, 0.5) is 8.78 Å². The van der Waals surface area contributed by atoms with Crippen molar-refractivity contribution in [2.45, 2.75) is 5.75 Å². The van der Waals surface area contributed by atoms with Crippen molar-refractivity contribution in [3.63, 3.8) is 0 Å². The summed E-state index contributed by atoms with van der Waals surface area (Å²) in [6.45, 7) is 0. The van der Waals surface area contributed by atoms with Crippen LogP contribution in [0.5, 0.6) is 0 Å². The van der Waals surface area contributed by atoms with Crippen molar-refractivity contribution in [1.29, 1.82) is 5.41 Å². The highest BCUT2D eigenvalue weighted by atomic mass is 32.2. The van der Waals surface area contributed by atoms with Gasteiger partial charge in [-0.05, 0) is 17.7 Å². The number of rotatable bonds is 2. The second-order valence-electron chi connectivity index (χ2n) is 2.88. The van der Waals surface area contributed by atoms with E-state index in [1.165, 1.54) is 6.07 Å². The molecule has 1 aromatic carbocycles. The first kappa shape index (κ1) is 12.4. The monoisotopic (exact) mass is 244 g/mol. The van der Waals surface area contributed by atoms with Crippen LogP contribution in [-0.2, 0) is 5.75 Å². The lowest BCUT2D eigenvalue weighted by atomic mass is 10.2. The molecule has 0 saturated carbocycles. The molecular formula is C9H10F2N4S. The Morgan fingerprint density at radius 2 is 2.00 bits per heavy atom. The summed E-state index contributed by atoms with van der Waals surface area (Å²) < 4.78 is 25.4. The Labute approximate surface area is 95.2 Å². The van der Waals surface area contributed by atoms with Gasteiger partial charge < -0.3 is 11.5 Å². The fraction of sp³-hybridized carbons (Fsp3) is 0.111. The van der Waals surface area contributed by atoms with Crippen LogP contribution in [0, 0.1) is 17.0 Å². The zero-order valence-corrected chi connectivity index (χ0v) is 9.02. The number of hydrogen-bond donors (Lipinski definition) is 3. The number of hydrogen-bond acceptors (Lipinski definition) is 2. The van der Waals surface area contributed by atoms with E-state index in [1.807, 2.05) is 0 Å². The number of nitrogens with two attached hydrogens (primary N) is 2. The van der Waals surface area contributed by atoms with Gasteiger partial charge in [-0.2, -0.15) is 4.99 Å². The van der Waals surface area contributed by atoms with E-state index < -0.39 is 11.6 Å². The molecule has 86 valence electrons. The molecule has 0 amide bonds. The largest absolute Gasteiger partial charge is 0.370 e. The van der Waals surface area contributed by atoms with Gasteiger partial charge >= 0.3 is 0 Å². The molecule has 0 spiro atoms. The van der Waals surface area contributed by atoms with Gasteiger partial charge in [0.1, 0.15) is 0 Å². The smallest absolute Gasteiger partial charge is 0.193 e. The Morgan fingerprint density at radius 1 is 1.31 bits per heavy atom. The second-order valence-corrected chi connectivity index (χ2v) is 3.84. The molecule has 0 aromatic heterocycles. The Balaban J connectivity index is 2.58. The minimum atomic E-state index is -0.911. The van der Waals surface area contributed by atoms with Crippen molar-refractivity contribution in [1.82, 2.24) is 0 Å². The van der Waals surface area contributed by atoms with E-state index in [-0.39, 0.29) is 11.1 Å². The van der Waals surface area contributed by atoms with Crippen molar-refractivity contribution in [3.05, 3.63) is 35.4 Å². The summed E-state index contributed by atoms with van der Waals surface area (Å²) in [4.78, 5) is 3.48. The van der Waals surface area contributed by atoms with Crippen LogP contribution in [-0.4, -0.2) is 11.1 Å². The number of nitrogens with one attached hydrogen (secondary N) is 1. The molecule has 16 heavy (non-hydrogen) atoms. The van der Waals surface area contributed by atoms with Crippen LogP contribution in [0.1, 0.15) is 5.56 Å². The van der Waals surface area contributed by atoms with E-state index in [2.05, 4.69) is 4.99 Å². The van der Waals surface area contributed by atoms with Crippen LogP contribution in [0.25, 0.3) is 0 Å². The molecule has 4 nitrogen and oxygen atoms in total. The first-order chi connectivity index (χ1) is 7.49. The number of guanidine groups is 1. The molecule has 5 N–H and O–H groups in total. The Hall–Kier alpha value is -1.63. The third-order valence-corrected chi connectivity index (χ3v) is 2.43.